The van der Waals surface area contributed by atoms with Crippen LogP contribution in [0.5, 0.6) is 0 Å². The Labute approximate surface area is 126 Å². The highest BCUT2D eigenvalue weighted by Crippen LogP contribution is 2.22. The summed E-state index contributed by atoms with van der Waals surface area (Å²) < 4.78 is 0. The van der Waals surface area contributed by atoms with E-state index in [-0.39, 0.29) is 0 Å². The third-order valence-electron chi connectivity index (χ3n) is 4.62. The van der Waals surface area contributed by atoms with Crippen LogP contribution in [-0.4, -0.2) is 19.9 Å². The summed E-state index contributed by atoms with van der Waals surface area (Å²) >= 11 is 0. The molecule has 0 radical (unpaired) electrons. The zero-order valence-corrected chi connectivity index (χ0v) is 13.1. The summed E-state index contributed by atoms with van der Waals surface area (Å²) in [4.78, 5) is 0. The Balaban J connectivity index is 0.000000178. The maximum atomic E-state index is 3.86. The smallest absolute Gasteiger partial charge is 0.139 e. The lowest BCUT2D eigenvalue weighted by Crippen LogP contribution is -2.40. The minimum absolute atomic E-state index is 0.872. The van der Waals surface area contributed by atoms with Gasteiger partial charge in [0.15, 0.2) is 0 Å². The predicted octanol–water partition coefficient (Wildman–Crippen LogP) is 3.19. The summed E-state index contributed by atoms with van der Waals surface area (Å²) in [6.07, 6.45) is 14.6. The molecule has 0 unspecified atom stereocenters. The summed E-state index contributed by atoms with van der Waals surface area (Å²) in [6.45, 7) is 0. The third-order valence-corrected chi connectivity index (χ3v) is 4.62. The minimum Gasteiger partial charge on any atom is -0.311 e. The van der Waals surface area contributed by atoms with Gasteiger partial charge in [0.05, 0.1) is 0 Å². The molecule has 2 saturated carbocycles. The molecule has 0 aromatic heterocycles. The Hall–Kier alpha value is -0.755. The second kappa shape index (κ2) is 9.23. The highest BCUT2D eigenvalue weighted by Gasteiger charge is 2.19. The van der Waals surface area contributed by atoms with Crippen LogP contribution in [0.4, 0.5) is 0 Å². The summed E-state index contributed by atoms with van der Waals surface area (Å²) in [5, 5.41) is 3.86. The first kappa shape index (κ1) is 15.6. The first-order valence-electron chi connectivity index (χ1n) is 8.62. The Morgan fingerprint density at radius 1 is 0.700 bits per heavy atom. The van der Waals surface area contributed by atoms with Gasteiger partial charge < -0.3 is 5.32 Å². The first-order valence-corrected chi connectivity index (χ1v) is 8.62. The fraction of sp³-hybridized carbons (Fsp3) is 0.667. The van der Waals surface area contributed by atoms with Crippen molar-refractivity contribution in [2.75, 3.05) is 0 Å². The van der Waals surface area contributed by atoms with Crippen molar-refractivity contribution in [1.82, 2.24) is 5.32 Å². The van der Waals surface area contributed by atoms with E-state index in [9.17, 15) is 0 Å². The van der Waals surface area contributed by atoms with Crippen molar-refractivity contribution < 1.29 is 0 Å². The van der Waals surface area contributed by atoms with Crippen molar-refractivity contribution in [3.63, 3.8) is 0 Å². The van der Waals surface area contributed by atoms with Crippen molar-refractivity contribution in [3.8, 4) is 0 Å². The average Bonchev–Trinajstić information content (AvgIpc) is 2.51. The molecule has 2 fully saturated rings. The van der Waals surface area contributed by atoms with Crippen LogP contribution < -0.4 is 10.8 Å². The molecule has 0 amide bonds. The number of nitrogens with one attached hydrogen (secondary N) is 1. The van der Waals surface area contributed by atoms with Crippen LogP contribution in [0.25, 0.3) is 0 Å². The van der Waals surface area contributed by atoms with Crippen molar-refractivity contribution in [1.29, 1.82) is 0 Å². The lowest BCUT2D eigenvalue weighted by atomic mass is 9.91. The van der Waals surface area contributed by atoms with Crippen LogP contribution in [0.1, 0.15) is 64.2 Å². The van der Waals surface area contributed by atoms with E-state index in [0.717, 1.165) is 12.1 Å². The molecule has 2 heteroatoms. The molecule has 1 aromatic carbocycles. The maximum absolute atomic E-state index is 3.86. The van der Waals surface area contributed by atoms with Crippen molar-refractivity contribution in [2.45, 2.75) is 76.3 Å². The third kappa shape index (κ3) is 6.13. The second-order valence-corrected chi connectivity index (χ2v) is 6.49. The second-order valence-electron chi connectivity index (χ2n) is 6.49. The zero-order chi connectivity index (χ0) is 14.0. The molecule has 3 rings (SSSR count). The molecule has 20 heavy (non-hydrogen) atoms. The fourth-order valence-corrected chi connectivity index (χ4v) is 3.41. The normalized spacial score (nSPS) is 21.0. The molecule has 0 bridgehead atoms. The number of rotatable bonds is 2. The lowest BCUT2D eigenvalue weighted by molar-refractivity contribution is 0.291. The summed E-state index contributed by atoms with van der Waals surface area (Å²) in [5.74, 6) is 0. The summed E-state index contributed by atoms with van der Waals surface area (Å²) in [7, 11) is 2.08. The molecule has 0 atom stereocenters. The first-order chi connectivity index (χ1) is 9.84. The average molecular weight is 271 g/mol. The van der Waals surface area contributed by atoms with Crippen LogP contribution in [0.3, 0.4) is 0 Å². The van der Waals surface area contributed by atoms with Crippen molar-refractivity contribution in [2.24, 2.45) is 0 Å². The van der Waals surface area contributed by atoms with Gasteiger partial charge in [-0.15, -0.1) is 0 Å². The van der Waals surface area contributed by atoms with Gasteiger partial charge in [0.25, 0.3) is 0 Å². The summed E-state index contributed by atoms with van der Waals surface area (Å²) in [5.41, 5.74) is 1.32. The van der Waals surface area contributed by atoms with E-state index in [4.69, 9.17) is 0 Å². The SMILES string of the molecule is Bc1ccccc1.C1CCC(NC2CCCCC2)CC1. The van der Waals surface area contributed by atoms with E-state index >= 15 is 0 Å². The quantitative estimate of drug-likeness (QED) is 0.815. The lowest BCUT2D eigenvalue weighted by Gasteiger charge is -2.30. The van der Waals surface area contributed by atoms with Crippen LogP contribution >= 0.6 is 0 Å². The number of benzene rings is 1. The predicted molar refractivity (Wildman–Crippen MR) is 91.5 cm³/mol. The van der Waals surface area contributed by atoms with E-state index in [0.29, 0.717) is 0 Å². The van der Waals surface area contributed by atoms with E-state index < -0.39 is 0 Å². The van der Waals surface area contributed by atoms with Crippen LogP contribution in [0.15, 0.2) is 30.3 Å². The van der Waals surface area contributed by atoms with E-state index in [1.165, 1.54) is 69.7 Å². The largest absolute Gasteiger partial charge is 0.311 e. The molecule has 110 valence electrons. The van der Waals surface area contributed by atoms with Gasteiger partial charge in [-0.3, -0.25) is 0 Å². The number of hydrogen-bond acceptors (Lipinski definition) is 1. The fourth-order valence-electron chi connectivity index (χ4n) is 3.41. The van der Waals surface area contributed by atoms with Gasteiger partial charge in [-0.1, -0.05) is 74.3 Å². The molecule has 1 nitrogen and oxygen atoms in total. The highest BCUT2D eigenvalue weighted by molar-refractivity contribution is 6.32. The van der Waals surface area contributed by atoms with Crippen LogP contribution in [0.2, 0.25) is 0 Å². The van der Waals surface area contributed by atoms with Gasteiger partial charge in [-0.05, 0) is 25.7 Å². The number of hydrogen-bond donors (Lipinski definition) is 1. The van der Waals surface area contributed by atoms with Crippen LogP contribution in [-0.2, 0) is 0 Å². The Morgan fingerprint density at radius 2 is 1.15 bits per heavy atom. The molecule has 2 aliphatic carbocycles. The molecule has 0 spiro atoms. The van der Waals surface area contributed by atoms with Gasteiger partial charge in [0, 0.05) is 12.1 Å². The standard InChI is InChI=1S/C12H23N.C6H7B/c1-3-7-11(8-4-1)13-12-9-5-2-6-10-12;7-6-4-2-1-3-5-6/h11-13H,1-10H2;1-5H,7H2. The molecule has 1 N–H and O–H groups in total. The molecule has 0 heterocycles. The van der Waals surface area contributed by atoms with E-state index in [2.05, 4.69) is 25.3 Å². The van der Waals surface area contributed by atoms with Gasteiger partial charge >= 0.3 is 0 Å². The molecular weight excluding hydrogens is 241 g/mol. The molecule has 2 aliphatic rings. The van der Waals surface area contributed by atoms with Crippen molar-refractivity contribution in [3.05, 3.63) is 30.3 Å². The molecule has 0 saturated heterocycles. The van der Waals surface area contributed by atoms with Gasteiger partial charge in [-0.2, -0.15) is 0 Å². The maximum Gasteiger partial charge on any atom is 0.139 e. The molecule has 1 aromatic rings. The van der Waals surface area contributed by atoms with Gasteiger partial charge in [0.2, 0.25) is 0 Å². The Morgan fingerprint density at radius 3 is 1.50 bits per heavy atom. The van der Waals surface area contributed by atoms with Gasteiger partial charge in [0.1, 0.15) is 7.85 Å². The zero-order valence-electron chi connectivity index (χ0n) is 13.1. The molecule has 0 aliphatic heterocycles. The monoisotopic (exact) mass is 271 g/mol. The van der Waals surface area contributed by atoms with E-state index in [1.54, 1.807) is 0 Å². The highest BCUT2D eigenvalue weighted by atomic mass is 14.9. The molecular formula is C18H30BN. The van der Waals surface area contributed by atoms with Gasteiger partial charge in [-0.25, -0.2) is 0 Å². The van der Waals surface area contributed by atoms with Crippen LogP contribution in [0, 0.1) is 0 Å². The minimum atomic E-state index is 0.872. The summed E-state index contributed by atoms with van der Waals surface area (Å²) in [6, 6.07) is 12.0. The van der Waals surface area contributed by atoms with E-state index in [1.807, 2.05) is 18.2 Å². The van der Waals surface area contributed by atoms with Crippen molar-refractivity contribution >= 4 is 13.3 Å². The Bertz CT molecular complexity index is 324. The topological polar surface area (TPSA) is 12.0 Å². The Kier molecular flexibility index (Phi) is 7.21.